The van der Waals surface area contributed by atoms with E-state index in [0.717, 1.165) is 52.9 Å². The van der Waals surface area contributed by atoms with Gasteiger partial charge in [0.25, 0.3) is 5.91 Å². The van der Waals surface area contributed by atoms with Crippen molar-refractivity contribution in [2.24, 2.45) is 0 Å². The van der Waals surface area contributed by atoms with E-state index in [4.69, 9.17) is 4.98 Å². The molecule has 1 fully saturated rings. The smallest absolute Gasteiger partial charge is 0.256 e. The number of likely N-dealkylation sites (tertiary alicyclic amines) is 1. The van der Waals surface area contributed by atoms with Gasteiger partial charge >= 0.3 is 0 Å². The number of carbonyl (C=O) groups excluding carboxylic acids is 1. The largest absolute Gasteiger partial charge is 0.338 e. The van der Waals surface area contributed by atoms with Crippen LogP contribution in [0.1, 0.15) is 40.6 Å². The predicted octanol–water partition coefficient (Wildman–Crippen LogP) is 4.42. The van der Waals surface area contributed by atoms with Gasteiger partial charge in [0, 0.05) is 54.7 Å². The Bertz CT molecular complexity index is 1240. The highest BCUT2D eigenvalue weighted by Gasteiger charge is 2.29. The summed E-state index contributed by atoms with van der Waals surface area (Å²) >= 11 is 0. The van der Waals surface area contributed by atoms with Gasteiger partial charge in [-0.2, -0.15) is 0 Å². The molecule has 1 aliphatic rings. The van der Waals surface area contributed by atoms with Crippen molar-refractivity contribution in [1.82, 2.24) is 24.8 Å². The first-order valence-electron chi connectivity index (χ1n) is 10.6. The minimum Gasteiger partial charge on any atom is -0.338 e. The van der Waals surface area contributed by atoms with Crippen LogP contribution in [0, 0.1) is 6.92 Å². The Kier molecular flexibility index (Phi) is 5.12. The second kappa shape index (κ2) is 8.22. The fourth-order valence-electron chi connectivity index (χ4n) is 4.38. The lowest BCUT2D eigenvalue weighted by molar-refractivity contribution is 0.0708. The zero-order chi connectivity index (χ0) is 21.2. The number of hydrogen-bond donors (Lipinski definition) is 0. The number of piperidine rings is 1. The van der Waals surface area contributed by atoms with Crippen molar-refractivity contribution in [1.29, 1.82) is 0 Å². The topological polar surface area (TPSA) is 71.9 Å². The van der Waals surface area contributed by atoms with Crippen molar-refractivity contribution in [2.75, 3.05) is 13.1 Å². The molecule has 4 heterocycles. The summed E-state index contributed by atoms with van der Waals surface area (Å²) in [6, 6.07) is 13.6. The molecule has 1 aromatic carbocycles. The van der Waals surface area contributed by atoms with Gasteiger partial charge in [0.2, 0.25) is 0 Å². The van der Waals surface area contributed by atoms with E-state index in [-0.39, 0.29) is 11.8 Å². The summed E-state index contributed by atoms with van der Waals surface area (Å²) in [5, 5.41) is 0.980. The van der Waals surface area contributed by atoms with Crippen molar-refractivity contribution >= 4 is 16.8 Å². The highest BCUT2D eigenvalue weighted by atomic mass is 16.2. The molecule has 1 aliphatic heterocycles. The van der Waals surface area contributed by atoms with E-state index in [9.17, 15) is 4.79 Å². The lowest BCUT2D eigenvalue weighted by Crippen LogP contribution is -2.39. The first kappa shape index (κ1) is 19.3. The van der Waals surface area contributed by atoms with Gasteiger partial charge in [0.15, 0.2) is 0 Å². The van der Waals surface area contributed by atoms with Crippen molar-refractivity contribution in [2.45, 2.75) is 25.7 Å². The molecule has 3 aromatic heterocycles. The van der Waals surface area contributed by atoms with Gasteiger partial charge in [-0.25, -0.2) is 9.97 Å². The summed E-state index contributed by atoms with van der Waals surface area (Å²) in [6.07, 6.45) is 9.12. The minimum absolute atomic E-state index is 0.0326. The monoisotopic (exact) mass is 409 g/mol. The second-order valence-electron chi connectivity index (χ2n) is 7.92. The number of fused-ring (bicyclic) bond motifs is 1. The molecule has 1 atom stereocenters. The van der Waals surface area contributed by atoms with Crippen LogP contribution in [0.4, 0.5) is 0 Å². The molecular formula is C25H23N5O. The number of rotatable bonds is 3. The maximum absolute atomic E-state index is 13.5. The number of hydrogen-bond acceptors (Lipinski definition) is 5. The molecule has 0 spiro atoms. The standard InChI is InChI=1S/C25H23N5O/c1-17-28-15-22(18-9-12-26-13-10-18)24(29-17)20-7-4-14-30(16-20)25(31)21-8-2-5-19-6-3-11-27-23(19)21/h2-3,5-6,8-13,15,20H,4,7,14,16H2,1H3/t20-/m0/s1. The number of pyridine rings is 2. The third-order valence-electron chi connectivity index (χ3n) is 5.89. The zero-order valence-corrected chi connectivity index (χ0v) is 17.4. The summed E-state index contributed by atoms with van der Waals surface area (Å²) < 4.78 is 0. The maximum atomic E-state index is 13.5. The van der Waals surface area contributed by atoms with Crippen molar-refractivity contribution in [3.05, 3.63) is 84.3 Å². The summed E-state index contributed by atoms with van der Waals surface area (Å²) in [5.41, 5.74) is 4.48. The van der Waals surface area contributed by atoms with Gasteiger partial charge in [-0.05, 0) is 49.6 Å². The molecule has 0 bridgehead atoms. The first-order valence-corrected chi connectivity index (χ1v) is 10.6. The molecule has 4 aromatic rings. The quantitative estimate of drug-likeness (QED) is 0.501. The normalized spacial score (nSPS) is 16.4. The van der Waals surface area contributed by atoms with Crippen molar-refractivity contribution in [3.63, 3.8) is 0 Å². The molecule has 6 nitrogen and oxygen atoms in total. The number of aromatic nitrogens is 4. The number of aryl methyl sites for hydroxylation is 1. The van der Waals surface area contributed by atoms with Crippen LogP contribution in [0.3, 0.4) is 0 Å². The van der Waals surface area contributed by atoms with E-state index in [2.05, 4.69) is 15.0 Å². The highest BCUT2D eigenvalue weighted by molar-refractivity contribution is 6.05. The van der Waals surface area contributed by atoms with E-state index in [1.165, 1.54) is 0 Å². The molecule has 0 radical (unpaired) electrons. The molecule has 154 valence electrons. The molecule has 5 rings (SSSR count). The van der Waals surface area contributed by atoms with Crippen LogP contribution in [0.15, 0.2) is 67.3 Å². The third kappa shape index (κ3) is 3.77. The van der Waals surface area contributed by atoms with E-state index < -0.39 is 0 Å². The van der Waals surface area contributed by atoms with Gasteiger partial charge < -0.3 is 4.90 Å². The SMILES string of the molecule is Cc1ncc(-c2ccncc2)c([C@H]2CCCN(C(=O)c3cccc4cccnc34)C2)n1. The van der Waals surface area contributed by atoms with E-state index in [1.54, 1.807) is 18.6 Å². The Labute approximate surface area is 181 Å². The maximum Gasteiger partial charge on any atom is 0.256 e. The van der Waals surface area contributed by atoms with E-state index in [0.29, 0.717) is 12.1 Å². The number of nitrogens with zero attached hydrogens (tertiary/aromatic N) is 5. The second-order valence-corrected chi connectivity index (χ2v) is 7.92. The molecule has 0 N–H and O–H groups in total. The predicted molar refractivity (Wildman–Crippen MR) is 120 cm³/mol. The van der Waals surface area contributed by atoms with Crippen LogP contribution in [0.5, 0.6) is 0 Å². The summed E-state index contributed by atoms with van der Waals surface area (Å²) in [4.78, 5) is 33.2. The molecule has 0 unspecified atom stereocenters. The van der Waals surface area contributed by atoms with Crippen LogP contribution >= 0.6 is 0 Å². The average Bonchev–Trinajstić information content (AvgIpc) is 2.84. The fraction of sp³-hybridized carbons (Fsp3) is 0.240. The van der Waals surface area contributed by atoms with E-state index in [1.807, 2.05) is 60.5 Å². The zero-order valence-electron chi connectivity index (χ0n) is 17.4. The Morgan fingerprint density at radius 1 is 1.03 bits per heavy atom. The van der Waals surface area contributed by atoms with E-state index >= 15 is 0 Å². The van der Waals surface area contributed by atoms with Gasteiger partial charge in [-0.3, -0.25) is 14.8 Å². The third-order valence-corrected chi connectivity index (χ3v) is 5.89. The number of amides is 1. The van der Waals surface area contributed by atoms with Crippen molar-refractivity contribution < 1.29 is 4.79 Å². The average molecular weight is 409 g/mol. The number of para-hydroxylation sites is 1. The Morgan fingerprint density at radius 2 is 1.87 bits per heavy atom. The van der Waals surface area contributed by atoms with Crippen LogP contribution < -0.4 is 0 Å². The summed E-state index contributed by atoms with van der Waals surface area (Å²) in [5.74, 6) is 0.935. The van der Waals surface area contributed by atoms with Gasteiger partial charge in [-0.1, -0.05) is 18.2 Å². The lowest BCUT2D eigenvalue weighted by atomic mass is 9.89. The molecule has 1 saturated heterocycles. The number of benzene rings is 1. The van der Waals surface area contributed by atoms with Crippen molar-refractivity contribution in [3.8, 4) is 11.1 Å². The van der Waals surface area contributed by atoms with Crippen LogP contribution in [-0.2, 0) is 0 Å². The fourth-order valence-corrected chi connectivity index (χ4v) is 4.38. The Morgan fingerprint density at radius 3 is 2.74 bits per heavy atom. The Balaban J connectivity index is 1.48. The summed E-state index contributed by atoms with van der Waals surface area (Å²) in [7, 11) is 0. The minimum atomic E-state index is 0.0326. The Hall–Kier alpha value is -3.67. The highest BCUT2D eigenvalue weighted by Crippen LogP contribution is 2.33. The summed E-state index contributed by atoms with van der Waals surface area (Å²) in [6.45, 7) is 3.29. The molecule has 31 heavy (non-hydrogen) atoms. The van der Waals surface area contributed by atoms with Gasteiger partial charge in [0.1, 0.15) is 5.82 Å². The van der Waals surface area contributed by atoms with Crippen LogP contribution in [-0.4, -0.2) is 43.8 Å². The molecule has 1 amide bonds. The number of carbonyl (C=O) groups is 1. The molecular weight excluding hydrogens is 386 g/mol. The van der Waals surface area contributed by atoms with Gasteiger partial charge in [0.05, 0.1) is 16.8 Å². The van der Waals surface area contributed by atoms with Gasteiger partial charge in [-0.15, -0.1) is 0 Å². The molecule has 0 saturated carbocycles. The lowest BCUT2D eigenvalue weighted by Gasteiger charge is -2.33. The molecule has 6 heteroatoms. The van der Waals surface area contributed by atoms with Crippen LogP contribution in [0.25, 0.3) is 22.0 Å². The van der Waals surface area contributed by atoms with Crippen LogP contribution in [0.2, 0.25) is 0 Å². The first-order chi connectivity index (χ1) is 15.2. The molecule has 0 aliphatic carbocycles.